The molecule has 0 spiro atoms. The summed E-state index contributed by atoms with van der Waals surface area (Å²) in [6.45, 7) is 12.1. The SMILES string of the molecule is C=C(C)C(=O)OC(CC)(CCCCC)CCCCCCCC. The van der Waals surface area contributed by atoms with E-state index in [4.69, 9.17) is 4.74 Å². The Morgan fingerprint density at radius 1 is 0.864 bits per heavy atom. The van der Waals surface area contributed by atoms with E-state index >= 15 is 0 Å². The van der Waals surface area contributed by atoms with Gasteiger partial charge in [-0.15, -0.1) is 0 Å². The molecule has 0 N–H and O–H groups in total. The van der Waals surface area contributed by atoms with Crippen LogP contribution >= 0.6 is 0 Å². The molecule has 0 heterocycles. The quantitative estimate of drug-likeness (QED) is 0.206. The topological polar surface area (TPSA) is 26.3 Å². The average molecular weight is 311 g/mol. The van der Waals surface area contributed by atoms with E-state index in [0.29, 0.717) is 5.57 Å². The highest BCUT2D eigenvalue weighted by Crippen LogP contribution is 2.31. The number of esters is 1. The van der Waals surface area contributed by atoms with Crippen molar-refractivity contribution in [2.24, 2.45) is 0 Å². The minimum atomic E-state index is -0.268. The maximum Gasteiger partial charge on any atom is 0.333 e. The number of carbonyl (C=O) groups is 1. The lowest BCUT2D eigenvalue weighted by Crippen LogP contribution is -2.35. The van der Waals surface area contributed by atoms with E-state index in [-0.39, 0.29) is 11.6 Å². The first kappa shape index (κ1) is 21.2. The second-order valence-corrected chi connectivity index (χ2v) is 6.68. The Balaban J connectivity index is 4.46. The molecule has 0 amide bonds. The lowest BCUT2D eigenvalue weighted by Gasteiger charge is -2.33. The van der Waals surface area contributed by atoms with Gasteiger partial charge in [-0.1, -0.05) is 72.3 Å². The Kier molecular flexibility index (Phi) is 12.3. The molecular weight excluding hydrogens is 272 g/mol. The van der Waals surface area contributed by atoms with Crippen LogP contribution in [0.25, 0.3) is 0 Å². The Labute approximate surface area is 138 Å². The molecule has 1 atom stereocenters. The van der Waals surface area contributed by atoms with Crippen molar-refractivity contribution in [1.82, 2.24) is 0 Å². The van der Waals surface area contributed by atoms with Crippen LogP contribution in [0.5, 0.6) is 0 Å². The van der Waals surface area contributed by atoms with Gasteiger partial charge < -0.3 is 4.74 Å². The third-order valence-corrected chi connectivity index (χ3v) is 4.52. The molecule has 0 radical (unpaired) electrons. The third-order valence-electron chi connectivity index (χ3n) is 4.52. The van der Waals surface area contributed by atoms with Crippen molar-refractivity contribution >= 4 is 5.97 Å². The number of hydrogen-bond acceptors (Lipinski definition) is 2. The Morgan fingerprint density at radius 3 is 1.82 bits per heavy atom. The first-order valence-electron chi connectivity index (χ1n) is 9.40. The zero-order chi connectivity index (χ0) is 16.8. The molecule has 0 bridgehead atoms. The number of hydrogen-bond donors (Lipinski definition) is 0. The summed E-state index contributed by atoms with van der Waals surface area (Å²) in [6, 6.07) is 0. The maximum atomic E-state index is 12.0. The van der Waals surface area contributed by atoms with Gasteiger partial charge in [0, 0.05) is 5.57 Å². The Hall–Kier alpha value is -0.790. The third kappa shape index (κ3) is 9.27. The van der Waals surface area contributed by atoms with E-state index in [1.165, 1.54) is 44.9 Å². The summed E-state index contributed by atoms with van der Waals surface area (Å²) < 4.78 is 5.88. The summed E-state index contributed by atoms with van der Waals surface area (Å²) in [6.07, 6.45) is 14.1. The molecule has 0 rings (SSSR count). The maximum absolute atomic E-state index is 12.0. The van der Waals surface area contributed by atoms with Crippen LogP contribution in [-0.2, 0) is 9.53 Å². The smallest absolute Gasteiger partial charge is 0.333 e. The van der Waals surface area contributed by atoms with Gasteiger partial charge in [0.2, 0.25) is 0 Å². The van der Waals surface area contributed by atoms with Gasteiger partial charge in [0.1, 0.15) is 5.60 Å². The van der Waals surface area contributed by atoms with Crippen molar-refractivity contribution in [3.63, 3.8) is 0 Å². The molecule has 0 aliphatic heterocycles. The normalized spacial score (nSPS) is 13.6. The van der Waals surface area contributed by atoms with Gasteiger partial charge in [0.05, 0.1) is 0 Å². The van der Waals surface area contributed by atoms with Gasteiger partial charge in [-0.25, -0.2) is 4.79 Å². The monoisotopic (exact) mass is 310 g/mol. The van der Waals surface area contributed by atoms with Crippen LogP contribution in [0.1, 0.15) is 105 Å². The minimum absolute atomic E-state index is 0.218. The molecule has 0 aliphatic rings. The highest BCUT2D eigenvalue weighted by Gasteiger charge is 2.31. The van der Waals surface area contributed by atoms with E-state index in [0.717, 1.165) is 32.1 Å². The summed E-state index contributed by atoms with van der Waals surface area (Å²) >= 11 is 0. The number of unbranched alkanes of at least 4 members (excludes halogenated alkanes) is 7. The molecule has 0 aromatic rings. The molecule has 2 heteroatoms. The van der Waals surface area contributed by atoms with Crippen LogP contribution in [0.15, 0.2) is 12.2 Å². The van der Waals surface area contributed by atoms with E-state index in [9.17, 15) is 4.79 Å². The first-order valence-corrected chi connectivity index (χ1v) is 9.40. The summed E-state index contributed by atoms with van der Waals surface area (Å²) in [4.78, 5) is 12.0. The summed E-state index contributed by atoms with van der Waals surface area (Å²) in [5.41, 5.74) is 0.243. The van der Waals surface area contributed by atoms with Gasteiger partial charge in [0.15, 0.2) is 0 Å². The second kappa shape index (κ2) is 12.7. The fourth-order valence-electron chi connectivity index (χ4n) is 2.86. The molecule has 0 aromatic carbocycles. The molecule has 22 heavy (non-hydrogen) atoms. The van der Waals surface area contributed by atoms with Crippen molar-refractivity contribution in [2.75, 3.05) is 0 Å². The van der Waals surface area contributed by atoms with E-state index in [2.05, 4.69) is 27.4 Å². The van der Waals surface area contributed by atoms with Gasteiger partial charge in [0.25, 0.3) is 0 Å². The van der Waals surface area contributed by atoms with Crippen molar-refractivity contribution in [1.29, 1.82) is 0 Å². The van der Waals surface area contributed by atoms with Gasteiger partial charge >= 0.3 is 5.97 Å². The molecule has 0 aromatic heterocycles. The Morgan fingerprint density at radius 2 is 1.32 bits per heavy atom. The summed E-state index contributed by atoms with van der Waals surface area (Å²) in [5.74, 6) is -0.218. The van der Waals surface area contributed by atoms with E-state index < -0.39 is 0 Å². The predicted molar refractivity (Wildman–Crippen MR) is 96.1 cm³/mol. The summed E-state index contributed by atoms with van der Waals surface area (Å²) in [7, 11) is 0. The molecule has 0 aliphatic carbocycles. The fourth-order valence-corrected chi connectivity index (χ4v) is 2.86. The zero-order valence-electron chi connectivity index (χ0n) is 15.5. The lowest BCUT2D eigenvalue weighted by molar-refractivity contribution is -0.157. The second-order valence-electron chi connectivity index (χ2n) is 6.68. The fraction of sp³-hybridized carbons (Fsp3) is 0.850. The summed E-state index contributed by atoms with van der Waals surface area (Å²) in [5, 5.41) is 0. The van der Waals surface area contributed by atoms with E-state index in [1.807, 2.05) is 0 Å². The molecule has 2 nitrogen and oxygen atoms in total. The molecule has 0 saturated heterocycles. The van der Waals surface area contributed by atoms with Crippen molar-refractivity contribution in [2.45, 2.75) is 110 Å². The molecule has 130 valence electrons. The molecule has 0 saturated carbocycles. The number of ether oxygens (including phenoxy) is 1. The van der Waals surface area contributed by atoms with Gasteiger partial charge in [-0.3, -0.25) is 0 Å². The van der Waals surface area contributed by atoms with Gasteiger partial charge in [-0.05, 0) is 39.0 Å². The predicted octanol–water partition coefficient (Wildman–Crippen LogP) is 6.59. The molecule has 0 fully saturated rings. The van der Waals surface area contributed by atoms with Crippen LogP contribution in [0.3, 0.4) is 0 Å². The van der Waals surface area contributed by atoms with E-state index in [1.54, 1.807) is 6.92 Å². The first-order chi connectivity index (χ1) is 10.5. The number of carbonyl (C=O) groups excluding carboxylic acids is 1. The highest BCUT2D eigenvalue weighted by atomic mass is 16.6. The van der Waals surface area contributed by atoms with Crippen molar-refractivity contribution in [3.8, 4) is 0 Å². The van der Waals surface area contributed by atoms with Crippen LogP contribution < -0.4 is 0 Å². The van der Waals surface area contributed by atoms with Crippen LogP contribution in [0.4, 0.5) is 0 Å². The molecular formula is C20H38O2. The average Bonchev–Trinajstić information content (AvgIpc) is 2.50. The highest BCUT2D eigenvalue weighted by molar-refractivity contribution is 5.87. The lowest BCUT2D eigenvalue weighted by atomic mass is 9.87. The standard InChI is InChI=1S/C20H38O2/c1-6-9-11-12-13-15-17-20(8-3,16-14-10-7-2)22-19(21)18(4)5/h4,6-17H2,1-3,5H3. The zero-order valence-corrected chi connectivity index (χ0v) is 15.5. The van der Waals surface area contributed by atoms with Gasteiger partial charge in [-0.2, -0.15) is 0 Å². The van der Waals surface area contributed by atoms with Crippen molar-refractivity contribution < 1.29 is 9.53 Å². The van der Waals surface area contributed by atoms with Crippen LogP contribution in [0.2, 0.25) is 0 Å². The van der Waals surface area contributed by atoms with Crippen LogP contribution in [-0.4, -0.2) is 11.6 Å². The Bertz CT molecular complexity index is 309. The number of rotatable bonds is 14. The van der Waals surface area contributed by atoms with Crippen LogP contribution in [0, 0.1) is 0 Å². The minimum Gasteiger partial charge on any atom is -0.456 e. The largest absolute Gasteiger partial charge is 0.456 e. The van der Waals surface area contributed by atoms with Crippen molar-refractivity contribution in [3.05, 3.63) is 12.2 Å². The molecule has 1 unspecified atom stereocenters.